The van der Waals surface area contributed by atoms with Gasteiger partial charge in [0.2, 0.25) is 0 Å². The number of methoxy groups -OCH3 is 2. The number of aliphatic hydroxyl groups excluding tert-OH is 1. The third-order valence-corrected chi connectivity index (χ3v) is 13.8. The summed E-state index contributed by atoms with van der Waals surface area (Å²) in [6.07, 6.45) is -2.07. The van der Waals surface area contributed by atoms with Gasteiger partial charge < -0.3 is 40.3 Å². The van der Waals surface area contributed by atoms with Crippen molar-refractivity contribution in [1.29, 1.82) is 0 Å². The molecule has 23 heteroatoms. The Hall–Kier alpha value is -7.14. The number of hydrogen-bond acceptors (Lipinski definition) is 18. The van der Waals surface area contributed by atoms with Gasteiger partial charge in [-0.25, -0.2) is 29.4 Å². The second-order valence-electron chi connectivity index (χ2n) is 16.4. The molecule has 2 aliphatic rings. The number of nitro benzene ring substituents is 1. The van der Waals surface area contributed by atoms with E-state index in [2.05, 4.69) is 25.0 Å². The predicted molar refractivity (Wildman–Crippen MR) is 252 cm³/mol. The van der Waals surface area contributed by atoms with Gasteiger partial charge in [0.25, 0.3) is 5.69 Å². The van der Waals surface area contributed by atoms with Gasteiger partial charge in [0.1, 0.15) is 65.5 Å². The number of hydrogen-bond donors (Lipinski definition) is 4. The van der Waals surface area contributed by atoms with Crippen molar-refractivity contribution in [1.82, 2.24) is 34.2 Å². The zero-order chi connectivity index (χ0) is 49.0. The molecule has 0 spiro atoms. The summed E-state index contributed by atoms with van der Waals surface area (Å²) in [5.74, 6) is 1.41. The number of imidazole rings is 1. The molecule has 1 unspecified atom stereocenters. The number of aliphatic hydroxyl groups is 1. The van der Waals surface area contributed by atoms with Gasteiger partial charge in [-0.15, -0.1) is 0 Å². The van der Waals surface area contributed by atoms with Gasteiger partial charge >= 0.3 is 13.4 Å². The summed E-state index contributed by atoms with van der Waals surface area (Å²) < 4.78 is 62.1. The normalized spacial score (nSPS) is 21.1. The monoisotopic (exact) mass is 976 g/mol. The van der Waals surface area contributed by atoms with Crippen LogP contribution in [0, 0.1) is 10.1 Å². The third kappa shape index (κ3) is 9.84. The maximum atomic E-state index is 15.4. The van der Waals surface area contributed by atoms with Crippen molar-refractivity contribution in [3.8, 4) is 11.5 Å². The number of rotatable bonds is 19. The van der Waals surface area contributed by atoms with Crippen molar-refractivity contribution in [2.24, 2.45) is 0 Å². The van der Waals surface area contributed by atoms with Gasteiger partial charge in [0, 0.05) is 37.2 Å². The van der Waals surface area contributed by atoms with Crippen molar-refractivity contribution in [3.05, 3.63) is 171 Å². The highest BCUT2D eigenvalue weighted by Crippen LogP contribution is 2.51. The first kappa shape index (κ1) is 47.9. The van der Waals surface area contributed by atoms with E-state index in [9.17, 15) is 20.0 Å². The van der Waals surface area contributed by atoms with E-state index in [0.717, 1.165) is 16.7 Å². The first-order chi connectivity index (χ1) is 33.9. The molecule has 0 amide bonds. The van der Waals surface area contributed by atoms with Crippen molar-refractivity contribution in [3.63, 3.8) is 0 Å². The standard InChI is InChI=1S/C47H49N10O12P/c1-63-33-16-12-31(13-17-33)47(30-9-4-3-5-10-30,32-14-18-34(64-2)19-15-32)65-25-39-37(23-42(68-39)56-28-52-43-44(49)50-27-51-45(43)56)69-70(62,53-24-29-8-6-7-11-35(29)57(60)61)66-26-38-36(58)22-41(67-38)55-21-20-40(48)54-46(55)59/h3-21,27-28,36-39,41-42,58H,22-26H2,1-2H3,(H,53,62)(H2,48,54,59)(H2,49,50,51)/t36-,37-,38+,39+,41+,42+,70?/m0/s1. The quantitative estimate of drug-likeness (QED) is 0.0341. The van der Waals surface area contributed by atoms with E-state index in [1.807, 2.05) is 78.9 Å². The Morgan fingerprint density at radius 3 is 2.14 bits per heavy atom. The number of anilines is 2. The molecule has 2 aliphatic heterocycles. The SMILES string of the molecule is COc1ccc(C(OC[C@H]2O[C@@H](n3cnc4c(N)ncnc43)C[C@@H]2OP(=O)(NCc2ccccc2[N+](=O)[O-])OC[C@H]2O[C@@H](n3ccc(N)nc3=O)C[C@@H]2O)(c2ccccc2)c2ccc(OC)cc2)cc1. The van der Waals surface area contributed by atoms with E-state index in [0.29, 0.717) is 22.7 Å². The summed E-state index contributed by atoms with van der Waals surface area (Å²) in [5.41, 5.74) is 12.7. The van der Waals surface area contributed by atoms with Crippen LogP contribution in [0.5, 0.6) is 11.5 Å². The van der Waals surface area contributed by atoms with Crippen LogP contribution in [0.25, 0.3) is 11.2 Å². The molecule has 364 valence electrons. The molecule has 5 heterocycles. The number of nitro groups is 1. The molecule has 0 aliphatic carbocycles. The smallest absolute Gasteiger partial charge is 0.406 e. The Kier molecular flexibility index (Phi) is 14.0. The van der Waals surface area contributed by atoms with Gasteiger partial charge in [-0.1, -0.05) is 72.8 Å². The zero-order valence-electron chi connectivity index (χ0n) is 37.8. The van der Waals surface area contributed by atoms with Gasteiger partial charge in [0.05, 0.1) is 44.8 Å². The molecular formula is C47H49N10O12P. The highest BCUT2D eigenvalue weighted by atomic mass is 31.2. The van der Waals surface area contributed by atoms with Crippen LogP contribution in [0.3, 0.4) is 0 Å². The molecule has 9 rings (SSSR count). The van der Waals surface area contributed by atoms with Gasteiger partial charge in [-0.3, -0.25) is 28.3 Å². The van der Waals surface area contributed by atoms with Crippen LogP contribution >= 0.6 is 7.75 Å². The zero-order valence-corrected chi connectivity index (χ0v) is 38.7. The second kappa shape index (κ2) is 20.4. The lowest BCUT2D eigenvalue weighted by Crippen LogP contribution is -2.39. The average molecular weight is 977 g/mol. The Morgan fingerprint density at radius 2 is 1.47 bits per heavy atom. The van der Waals surface area contributed by atoms with Crippen molar-refractivity contribution in [2.45, 2.75) is 61.9 Å². The number of nitrogens with zero attached hydrogens (tertiary/aromatic N) is 7. The number of para-hydroxylation sites is 1. The molecule has 4 aromatic carbocycles. The van der Waals surface area contributed by atoms with Crippen LogP contribution in [0.15, 0.2) is 133 Å². The number of ether oxygens (including phenoxy) is 5. The Bertz CT molecular complexity index is 3010. The van der Waals surface area contributed by atoms with Gasteiger partial charge in [-0.2, -0.15) is 4.98 Å². The summed E-state index contributed by atoms with van der Waals surface area (Å²) in [4.78, 5) is 40.9. The summed E-state index contributed by atoms with van der Waals surface area (Å²) in [6, 6.07) is 31.9. The molecule has 0 saturated carbocycles. The lowest BCUT2D eigenvalue weighted by Gasteiger charge is -2.37. The number of nitrogens with two attached hydrogens (primary N) is 2. The Labute approximate surface area is 399 Å². The maximum Gasteiger partial charge on any atom is 0.406 e. The van der Waals surface area contributed by atoms with Gasteiger partial charge in [0.15, 0.2) is 11.5 Å². The van der Waals surface area contributed by atoms with E-state index >= 15 is 4.57 Å². The van der Waals surface area contributed by atoms with E-state index in [1.54, 1.807) is 24.9 Å². The van der Waals surface area contributed by atoms with Crippen LogP contribution in [0.4, 0.5) is 17.3 Å². The molecular weight excluding hydrogens is 928 g/mol. The third-order valence-electron chi connectivity index (χ3n) is 12.2. The number of benzene rings is 4. The topological polar surface area (TPSA) is 288 Å². The molecule has 3 aromatic heterocycles. The minimum absolute atomic E-state index is 0.00942. The second-order valence-corrected chi connectivity index (χ2v) is 18.2. The summed E-state index contributed by atoms with van der Waals surface area (Å²) in [5, 5.41) is 26.1. The highest BCUT2D eigenvalue weighted by molar-refractivity contribution is 7.51. The van der Waals surface area contributed by atoms with E-state index in [-0.39, 0.29) is 48.9 Å². The van der Waals surface area contributed by atoms with Crippen molar-refractivity contribution < 1.29 is 47.3 Å². The Balaban J connectivity index is 1.08. The summed E-state index contributed by atoms with van der Waals surface area (Å²) in [7, 11) is -1.46. The first-order valence-corrected chi connectivity index (χ1v) is 23.6. The van der Waals surface area contributed by atoms with E-state index in [1.165, 1.54) is 47.7 Å². The molecule has 2 saturated heterocycles. The molecule has 7 aromatic rings. The largest absolute Gasteiger partial charge is 0.497 e. The summed E-state index contributed by atoms with van der Waals surface area (Å²) >= 11 is 0. The van der Waals surface area contributed by atoms with Crippen LogP contribution in [-0.2, 0) is 40.0 Å². The van der Waals surface area contributed by atoms with E-state index in [4.69, 9.17) is 44.2 Å². The number of fused-ring (bicyclic) bond motifs is 1. The van der Waals surface area contributed by atoms with Crippen LogP contribution in [-0.4, -0.2) is 90.9 Å². The lowest BCUT2D eigenvalue weighted by molar-refractivity contribution is -0.385. The maximum absolute atomic E-state index is 15.4. The van der Waals surface area contributed by atoms with Crippen LogP contribution in [0.1, 0.15) is 47.6 Å². The predicted octanol–water partition coefficient (Wildman–Crippen LogP) is 5.42. The summed E-state index contributed by atoms with van der Waals surface area (Å²) in [6.45, 7) is -1.05. The molecule has 70 heavy (non-hydrogen) atoms. The van der Waals surface area contributed by atoms with Crippen molar-refractivity contribution >= 4 is 36.2 Å². The lowest BCUT2D eigenvalue weighted by atomic mass is 9.80. The number of nitrogens with one attached hydrogen (secondary N) is 1. The molecule has 2 fully saturated rings. The van der Waals surface area contributed by atoms with Crippen molar-refractivity contribution in [2.75, 3.05) is 38.9 Å². The molecule has 0 bridgehead atoms. The number of aromatic nitrogens is 6. The average Bonchev–Trinajstić information content (AvgIpc) is 4.10. The fourth-order valence-corrected chi connectivity index (χ4v) is 10.2. The van der Waals surface area contributed by atoms with Gasteiger partial charge in [-0.05, 0) is 47.0 Å². The highest BCUT2D eigenvalue weighted by Gasteiger charge is 2.47. The van der Waals surface area contributed by atoms with Crippen LogP contribution in [0.2, 0.25) is 0 Å². The first-order valence-electron chi connectivity index (χ1n) is 22.0. The minimum Gasteiger partial charge on any atom is -0.497 e. The fourth-order valence-electron chi connectivity index (χ4n) is 8.66. The number of nitrogen functional groups attached to an aromatic ring is 2. The molecule has 0 radical (unpaired) electrons. The fraction of sp³-hybridized carbons (Fsp3) is 0.298. The minimum atomic E-state index is -4.62. The molecule has 22 nitrogen and oxygen atoms in total. The molecule has 7 atom stereocenters. The van der Waals surface area contributed by atoms with E-state index < -0.39 is 67.4 Å². The molecule has 6 N–H and O–H groups in total. The Morgan fingerprint density at radius 1 is 0.829 bits per heavy atom. The van der Waals surface area contributed by atoms with Crippen LogP contribution < -0.4 is 31.7 Å².